The van der Waals surface area contributed by atoms with Crippen molar-refractivity contribution in [1.29, 1.82) is 0 Å². The molecule has 0 unspecified atom stereocenters. The van der Waals surface area contributed by atoms with Crippen LogP contribution in [0.4, 0.5) is 0 Å². The van der Waals surface area contributed by atoms with E-state index < -0.39 is 0 Å². The Morgan fingerprint density at radius 2 is 2.08 bits per heavy atom. The normalized spacial score (nSPS) is 9.92. The van der Waals surface area contributed by atoms with Crippen molar-refractivity contribution in [3.8, 4) is 0 Å². The topological polar surface area (TPSA) is 17.1 Å². The third-order valence-corrected chi connectivity index (χ3v) is 2.22. The highest BCUT2D eigenvalue weighted by Crippen LogP contribution is 2.18. The zero-order chi connectivity index (χ0) is 9.14. The zero-order valence-corrected chi connectivity index (χ0v) is 8.53. The van der Waals surface area contributed by atoms with Crippen LogP contribution < -0.4 is 0 Å². The number of ketones is 1. The molecule has 0 fully saturated rings. The molecular weight excluding hydrogens is 188 g/mol. The number of hydrogen-bond acceptors (Lipinski definition) is 3. The summed E-state index contributed by atoms with van der Waals surface area (Å²) in [6.45, 7) is 1.57. The fraction of sp³-hybridized carbons (Fsp3) is 0.222. The number of carbonyl (C=O) groups is 1. The monoisotopic (exact) mass is 198 g/mol. The van der Waals surface area contributed by atoms with Crippen molar-refractivity contribution in [1.82, 2.24) is 0 Å². The van der Waals surface area contributed by atoms with Gasteiger partial charge in [-0.2, -0.15) is 0 Å². The Morgan fingerprint density at radius 1 is 1.42 bits per heavy atom. The minimum atomic E-state index is 0.143. The molecule has 64 valence electrons. The smallest absolute Gasteiger partial charge is 0.134 e. The summed E-state index contributed by atoms with van der Waals surface area (Å²) in [5.41, 5.74) is 0.943. The van der Waals surface area contributed by atoms with Crippen LogP contribution in [-0.4, -0.2) is 5.78 Å². The van der Waals surface area contributed by atoms with Gasteiger partial charge in [-0.15, -0.1) is 25.3 Å². The molecule has 0 aliphatic carbocycles. The standard InChI is InChI=1S/C9H10OS2/c1-6(10)4-7-5-8(11)2-3-9(7)12/h2-3,5,11-12H,4H2,1H3. The lowest BCUT2D eigenvalue weighted by molar-refractivity contribution is -0.116. The summed E-state index contributed by atoms with van der Waals surface area (Å²) in [7, 11) is 0. The molecule has 0 aliphatic heterocycles. The first-order valence-corrected chi connectivity index (χ1v) is 4.49. The molecule has 1 nitrogen and oxygen atoms in total. The summed E-state index contributed by atoms with van der Waals surface area (Å²) in [6, 6.07) is 5.58. The molecule has 0 saturated carbocycles. The number of carbonyl (C=O) groups excluding carboxylic acids is 1. The minimum absolute atomic E-state index is 0.143. The van der Waals surface area contributed by atoms with Gasteiger partial charge in [-0.05, 0) is 30.7 Å². The molecule has 1 rings (SSSR count). The Hall–Kier alpha value is -0.410. The highest BCUT2D eigenvalue weighted by molar-refractivity contribution is 7.80. The molecule has 0 saturated heterocycles. The molecule has 0 atom stereocenters. The van der Waals surface area contributed by atoms with Crippen molar-refractivity contribution in [2.45, 2.75) is 23.1 Å². The largest absolute Gasteiger partial charge is 0.300 e. The second-order valence-electron chi connectivity index (χ2n) is 2.69. The lowest BCUT2D eigenvalue weighted by Gasteiger charge is -2.02. The summed E-state index contributed by atoms with van der Waals surface area (Å²) in [5, 5.41) is 0. The van der Waals surface area contributed by atoms with E-state index in [-0.39, 0.29) is 5.78 Å². The van der Waals surface area contributed by atoms with Gasteiger partial charge >= 0.3 is 0 Å². The summed E-state index contributed by atoms with van der Waals surface area (Å²) >= 11 is 8.41. The SMILES string of the molecule is CC(=O)Cc1cc(S)ccc1S. The van der Waals surface area contributed by atoms with Crippen LogP contribution in [0.3, 0.4) is 0 Å². The first kappa shape index (κ1) is 9.68. The molecule has 1 aromatic rings. The molecule has 0 radical (unpaired) electrons. The van der Waals surface area contributed by atoms with Crippen LogP contribution in [0, 0.1) is 0 Å². The van der Waals surface area contributed by atoms with Crippen molar-refractivity contribution in [2.75, 3.05) is 0 Å². The van der Waals surface area contributed by atoms with Gasteiger partial charge in [0, 0.05) is 16.2 Å². The van der Waals surface area contributed by atoms with E-state index in [2.05, 4.69) is 25.3 Å². The van der Waals surface area contributed by atoms with Gasteiger partial charge in [0.25, 0.3) is 0 Å². The van der Waals surface area contributed by atoms with E-state index in [1.54, 1.807) is 6.92 Å². The molecule has 0 aliphatic rings. The average molecular weight is 198 g/mol. The second kappa shape index (κ2) is 4.01. The second-order valence-corrected chi connectivity index (χ2v) is 3.69. The zero-order valence-electron chi connectivity index (χ0n) is 6.74. The molecule has 12 heavy (non-hydrogen) atoms. The highest BCUT2D eigenvalue weighted by Gasteiger charge is 2.01. The van der Waals surface area contributed by atoms with Gasteiger partial charge in [0.15, 0.2) is 0 Å². The van der Waals surface area contributed by atoms with Gasteiger partial charge in [-0.25, -0.2) is 0 Å². The van der Waals surface area contributed by atoms with E-state index in [0.717, 1.165) is 15.4 Å². The predicted octanol–water partition coefficient (Wildman–Crippen LogP) is 2.40. The van der Waals surface area contributed by atoms with Gasteiger partial charge in [-0.3, -0.25) is 4.79 Å². The molecule has 0 bridgehead atoms. The molecule has 1 aromatic carbocycles. The lowest BCUT2D eigenvalue weighted by atomic mass is 10.1. The van der Waals surface area contributed by atoms with Crippen LogP contribution in [0.25, 0.3) is 0 Å². The van der Waals surface area contributed by atoms with Gasteiger partial charge in [0.05, 0.1) is 0 Å². The first-order chi connectivity index (χ1) is 5.59. The van der Waals surface area contributed by atoms with Gasteiger partial charge in [0.1, 0.15) is 5.78 Å². The maximum atomic E-state index is 10.8. The Morgan fingerprint density at radius 3 is 2.67 bits per heavy atom. The molecule has 0 spiro atoms. The Labute approximate surface area is 83.0 Å². The number of hydrogen-bond donors (Lipinski definition) is 2. The highest BCUT2D eigenvalue weighted by atomic mass is 32.1. The predicted molar refractivity (Wildman–Crippen MR) is 55.3 cm³/mol. The minimum Gasteiger partial charge on any atom is -0.300 e. The van der Waals surface area contributed by atoms with E-state index in [4.69, 9.17) is 0 Å². The molecule has 3 heteroatoms. The number of rotatable bonds is 2. The van der Waals surface area contributed by atoms with Gasteiger partial charge < -0.3 is 0 Å². The fourth-order valence-corrected chi connectivity index (χ4v) is 1.43. The maximum absolute atomic E-state index is 10.8. The lowest BCUT2D eigenvalue weighted by Crippen LogP contribution is -1.97. The molecule has 0 N–H and O–H groups in total. The van der Waals surface area contributed by atoms with Crippen molar-refractivity contribution in [3.05, 3.63) is 23.8 Å². The van der Waals surface area contributed by atoms with Crippen LogP contribution in [0.1, 0.15) is 12.5 Å². The quantitative estimate of drug-likeness (QED) is 0.698. The number of thiol groups is 2. The number of Topliss-reactive ketones (excluding diaryl/α,β-unsaturated/α-hetero) is 1. The van der Waals surface area contributed by atoms with E-state index >= 15 is 0 Å². The molecule has 0 heterocycles. The van der Waals surface area contributed by atoms with E-state index in [1.165, 1.54) is 0 Å². The van der Waals surface area contributed by atoms with Crippen LogP contribution >= 0.6 is 25.3 Å². The molecule has 0 aromatic heterocycles. The third kappa shape index (κ3) is 2.57. The van der Waals surface area contributed by atoms with Crippen molar-refractivity contribution in [2.24, 2.45) is 0 Å². The van der Waals surface area contributed by atoms with E-state index in [9.17, 15) is 4.79 Å². The van der Waals surface area contributed by atoms with Crippen LogP contribution in [0.2, 0.25) is 0 Å². The summed E-state index contributed by atoms with van der Waals surface area (Å²) < 4.78 is 0. The number of benzene rings is 1. The van der Waals surface area contributed by atoms with Crippen LogP contribution in [0.15, 0.2) is 28.0 Å². The van der Waals surface area contributed by atoms with Crippen molar-refractivity contribution in [3.63, 3.8) is 0 Å². The first-order valence-electron chi connectivity index (χ1n) is 3.60. The Balaban J connectivity index is 2.97. The molecular formula is C9H10OS2. The van der Waals surface area contributed by atoms with E-state index in [0.29, 0.717) is 6.42 Å². The van der Waals surface area contributed by atoms with Gasteiger partial charge in [-0.1, -0.05) is 0 Å². The van der Waals surface area contributed by atoms with Gasteiger partial charge in [0.2, 0.25) is 0 Å². The van der Waals surface area contributed by atoms with Crippen molar-refractivity contribution < 1.29 is 4.79 Å². The Kier molecular flexibility index (Phi) is 3.23. The van der Waals surface area contributed by atoms with Crippen LogP contribution in [-0.2, 0) is 11.2 Å². The average Bonchev–Trinajstić information content (AvgIpc) is 1.96. The molecule has 0 amide bonds. The summed E-state index contributed by atoms with van der Waals surface area (Å²) in [4.78, 5) is 12.5. The van der Waals surface area contributed by atoms with Crippen LogP contribution in [0.5, 0.6) is 0 Å². The van der Waals surface area contributed by atoms with E-state index in [1.807, 2.05) is 18.2 Å². The summed E-state index contributed by atoms with van der Waals surface area (Å²) in [5.74, 6) is 0.143. The summed E-state index contributed by atoms with van der Waals surface area (Å²) in [6.07, 6.45) is 0.438. The third-order valence-electron chi connectivity index (χ3n) is 1.50. The maximum Gasteiger partial charge on any atom is 0.134 e. The fourth-order valence-electron chi connectivity index (χ4n) is 0.982. The van der Waals surface area contributed by atoms with Crippen molar-refractivity contribution >= 4 is 31.0 Å². The Bertz CT molecular complexity index is 307.